The molecule has 1 aromatic carbocycles. The summed E-state index contributed by atoms with van der Waals surface area (Å²) in [7, 11) is 0. The van der Waals surface area contributed by atoms with E-state index in [-0.39, 0.29) is 0 Å². The van der Waals surface area contributed by atoms with Crippen molar-refractivity contribution in [3.8, 4) is 11.6 Å². The first kappa shape index (κ1) is 11.9. The average Bonchev–Trinajstić information content (AvgIpc) is 2.32. The van der Waals surface area contributed by atoms with Crippen LogP contribution in [0.1, 0.15) is 18.6 Å². The van der Waals surface area contributed by atoms with Crippen LogP contribution in [0.15, 0.2) is 42.6 Å². The third-order valence-corrected chi connectivity index (χ3v) is 2.60. The Morgan fingerprint density at radius 3 is 2.76 bits per heavy atom. The number of benzene rings is 1. The number of hydrogen-bond donors (Lipinski definition) is 1. The maximum absolute atomic E-state index is 9.46. The van der Waals surface area contributed by atoms with Gasteiger partial charge in [0.05, 0.1) is 11.1 Å². The number of rotatable bonds is 3. The zero-order chi connectivity index (χ0) is 12.3. The number of pyridine rings is 1. The molecule has 0 aliphatic heterocycles. The number of ether oxygens (including phenoxy) is 1. The molecule has 0 saturated heterocycles. The Morgan fingerprint density at radius 1 is 1.29 bits per heavy atom. The van der Waals surface area contributed by atoms with Crippen LogP contribution in [0.5, 0.6) is 11.6 Å². The van der Waals surface area contributed by atoms with E-state index in [2.05, 4.69) is 4.98 Å². The molecule has 2 aromatic rings. The van der Waals surface area contributed by atoms with Crippen LogP contribution in [0.2, 0.25) is 5.02 Å². The SMILES string of the molecule is CC(O)c1ccnc(Oc2ccccc2Cl)c1. The van der Waals surface area contributed by atoms with Crippen LogP contribution in [0.4, 0.5) is 0 Å². The van der Waals surface area contributed by atoms with Crippen LogP contribution in [0, 0.1) is 0 Å². The van der Waals surface area contributed by atoms with Gasteiger partial charge in [-0.05, 0) is 30.7 Å². The third-order valence-electron chi connectivity index (χ3n) is 2.29. The number of nitrogens with zero attached hydrogens (tertiary/aromatic N) is 1. The van der Waals surface area contributed by atoms with Gasteiger partial charge in [-0.3, -0.25) is 0 Å². The number of aromatic nitrogens is 1. The van der Waals surface area contributed by atoms with Crippen molar-refractivity contribution >= 4 is 11.6 Å². The summed E-state index contributed by atoms with van der Waals surface area (Å²) in [5.41, 5.74) is 0.752. The maximum Gasteiger partial charge on any atom is 0.219 e. The van der Waals surface area contributed by atoms with Gasteiger partial charge in [-0.1, -0.05) is 23.7 Å². The molecule has 2 rings (SSSR count). The number of halogens is 1. The molecule has 0 bridgehead atoms. The van der Waals surface area contributed by atoms with Gasteiger partial charge in [-0.15, -0.1) is 0 Å². The van der Waals surface area contributed by atoms with Gasteiger partial charge >= 0.3 is 0 Å². The van der Waals surface area contributed by atoms with Gasteiger partial charge in [0.1, 0.15) is 5.75 Å². The topological polar surface area (TPSA) is 42.4 Å². The molecule has 3 nitrogen and oxygen atoms in total. The summed E-state index contributed by atoms with van der Waals surface area (Å²) in [4.78, 5) is 4.07. The van der Waals surface area contributed by atoms with Crippen LogP contribution in [0.3, 0.4) is 0 Å². The first-order valence-electron chi connectivity index (χ1n) is 5.23. The third kappa shape index (κ3) is 2.96. The Labute approximate surface area is 105 Å². The predicted molar refractivity (Wildman–Crippen MR) is 66.4 cm³/mol. The van der Waals surface area contributed by atoms with E-state index < -0.39 is 6.10 Å². The van der Waals surface area contributed by atoms with E-state index in [4.69, 9.17) is 16.3 Å². The fourth-order valence-electron chi connectivity index (χ4n) is 1.38. The Bertz CT molecular complexity index is 514. The highest BCUT2D eigenvalue weighted by Gasteiger charge is 2.06. The van der Waals surface area contributed by atoms with Crippen molar-refractivity contribution < 1.29 is 9.84 Å². The van der Waals surface area contributed by atoms with Crippen molar-refractivity contribution in [1.82, 2.24) is 4.98 Å². The summed E-state index contributed by atoms with van der Waals surface area (Å²) in [5.74, 6) is 0.959. The second kappa shape index (κ2) is 5.17. The maximum atomic E-state index is 9.46. The monoisotopic (exact) mass is 249 g/mol. The molecule has 1 atom stereocenters. The molecule has 88 valence electrons. The van der Waals surface area contributed by atoms with Gasteiger partial charge < -0.3 is 9.84 Å². The zero-order valence-electron chi connectivity index (χ0n) is 9.30. The largest absolute Gasteiger partial charge is 0.437 e. The van der Waals surface area contributed by atoms with Gasteiger partial charge in [-0.25, -0.2) is 4.98 Å². The van der Waals surface area contributed by atoms with E-state index in [1.54, 1.807) is 37.4 Å². The highest BCUT2D eigenvalue weighted by Crippen LogP contribution is 2.28. The van der Waals surface area contributed by atoms with Gasteiger partial charge in [-0.2, -0.15) is 0 Å². The normalized spacial score (nSPS) is 12.2. The van der Waals surface area contributed by atoms with Gasteiger partial charge in [0.15, 0.2) is 0 Å². The summed E-state index contributed by atoms with van der Waals surface area (Å²) in [6.07, 6.45) is 1.04. The van der Waals surface area contributed by atoms with Crippen molar-refractivity contribution in [2.24, 2.45) is 0 Å². The molecule has 0 spiro atoms. The minimum atomic E-state index is -0.549. The molecule has 1 unspecified atom stereocenters. The molecule has 0 saturated carbocycles. The lowest BCUT2D eigenvalue weighted by Crippen LogP contribution is -1.94. The standard InChI is InChI=1S/C13H12ClNO2/c1-9(16)10-6-7-15-13(8-10)17-12-5-3-2-4-11(12)14/h2-9,16H,1H3. The molecule has 0 amide bonds. The van der Waals surface area contributed by atoms with Crippen molar-refractivity contribution in [2.45, 2.75) is 13.0 Å². The molecule has 4 heteroatoms. The molecule has 0 aliphatic rings. The average molecular weight is 250 g/mol. The lowest BCUT2D eigenvalue weighted by molar-refractivity contribution is 0.198. The zero-order valence-corrected chi connectivity index (χ0v) is 10.1. The van der Waals surface area contributed by atoms with Crippen molar-refractivity contribution in [1.29, 1.82) is 0 Å². The summed E-state index contributed by atoms with van der Waals surface area (Å²) in [6, 6.07) is 10.6. The number of aliphatic hydroxyl groups is 1. The first-order chi connectivity index (χ1) is 8.16. The molecule has 1 N–H and O–H groups in total. The van der Waals surface area contributed by atoms with E-state index in [0.717, 1.165) is 5.56 Å². The van der Waals surface area contributed by atoms with Gasteiger partial charge in [0, 0.05) is 12.3 Å². The van der Waals surface area contributed by atoms with Crippen molar-refractivity contribution in [2.75, 3.05) is 0 Å². The minimum absolute atomic E-state index is 0.413. The van der Waals surface area contributed by atoms with E-state index in [0.29, 0.717) is 16.7 Å². The molecule has 17 heavy (non-hydrogen) atoms. The summed E-state index contributed by atoms with van der Waals surface area (Å²) >= 11 is 5.97. The van der Waals surface area contributed by atoms with Crippen molar-refractivity contribution in [3.05, 3.63) is 53.2 Å². The number of aliphatic hydroxyl groups excluding tert-OH is 1. The van der Waals surface area contributed by atoms with E-state index in [1.165, 1.54) is 0 Å². The molecule has 0 aliphatic carbocycles. The van der Waals surface area contributed by atoms with Crippen molar-refractivity contribution in [3.63, 3.8) is 0 Å². The van der Waals surface area contributed by atoms with E-state index in [9.17, 15) is 5.11 Å². The van der Waals surface area contributed by atoms with E-state index >= 15 is 0 Å². The van der Waals surface area contributed by atoms with Crippen LogP contribution < -0.4 is 4.74 Å². The fraction of sp³-hybridized carbons (Fsp3) is 0.154. The lowest BCUT2D eigenvalue weighted by atomic mass is 10.2. The highest BCUT2D eigenvalue weighted by atomic mass is 35.5. The Hall–Kier alpha value is -1.58. The first-order valence-corrected chi connectivity index (χ1v) is 5.61. The summed E-state index contributed by atoms with van der Waals surface area (Å²) in [5, 5.41) is 9.98. The van der Waals surface area contributed by atoms with Gasteiger partial charge in [0.2, 0.25) is 5.88 Å². The highest BCUT2D eigenvalue weighted by molar-refractivity contribution is 6.32. The molecule has 1 aromatic heterocycles. The Balaban J connectivity index is 2.25. The lowest BCUT2D eigenvalue weighted by Gasteiger charge is -2.09. The van der Waals surface area contributed by atoms with E-state index in [1.807, 2.05) is 12.1 Å². The summed E-state index contributed by atoms with van der Waals surface area (Å²) in [6.45, 7) is 1.69. The van der Waals surface area contributed by atoms with Crippen LogP contribution in [-0.4, -0.2) is 10.1 Å². The quantitative estimate of drug-likeness (QED) is 0.904. The predicted octanol–water partition coefficient (Wildman–Crippen LogP) is 3.58. The summed E-state index contributed by atoms with van der Waals surface area (Å²) < 4.78 is 5.55. The van der Waals surface area contributed by atoms with Gasteiger partial charge in [0.25, 0.3) is 0 Å². The van der Waals surface area contributed by atoms with Crippen LogP contribution in [-0.2, 0) is 0 Å². The van der Waals surface area contributed by atoms with Crippen LogP contribution >= 0.6 is 11.6 Å². The second-order valence-corrected chi connectivity index (χ2v) is 4.04. The minimum Gasteiger partial charge on any atom is -0.437 e. The number of hydrogen-bond acceptors (Lipinski definition) is 3. The second-order valence-electron chi connectivity index (χ2n) is 3.64. The smallest absolute Gasteiger partial charge is 0.219 e. The Kier molecular flexibility index (Phi) is 3.61. The van der Waals surface area contributed by atoms with Crippen LogP contribution in [0.25, 0.3) is 0 Å². The molecule has 1 heterocycles. The molecular weight excluding hydrogens is 238 g/mol. The fourth-order valence-corrected chi connectivity index (χ4v) is 1.55. The number of para-hydroxylation sites is 1. The molecule has 0 radical (unpaired) electrons. The molecule has 0 fully saturated rings. The Morgan fingerprint density at radius 2 is 2.06 bits per heavy atom. The molecular formula is C13H12ClNO2.